The number of nitrogens with zero attached hydrogens (tertiary/aromatic N) is 4. The highest BCUT2D eigenvalue weighted by molar-refractivity contribution is 7.07. The van der Waals surface area contributed by atoms with Crippen molar-refractivity contribution in [3.63, 3.8) is 0 Å². The van der Waals surface area contributed by atoms with Crippen LogP contribution in [0.3, 0.4) is 0 Å². The summed E-state index contributed by atoms with van der Waals surface area (Å²) in [4.78, 5) is 26.2. The minimum atomic E-state index is -0.780. The van der Waals surface area contributed by atoms with Gasteiger partial charge < -0.3 is 14.4 Å². The normalized spacial score (nSPS) is 17.6. The molecule has 3 aromatic heterocycles. The molecule has 0 unspecified atom stereocenters. The summed E-state index contributed by atoms with van der Waals surface area (Å²) in [6.07, 6.45) is 0. The first-order valence-corrected chi connectivity index (χ1v) is 14.5. The summed E-state index contributed by atoms with van der Waals surface area (Å²) in [7, 11) is 0. The van der Waals surface area contributed by atoms with Gasteiger partial charge in [-0.2, -0.15) is 0 Å². The van der Waals surface area contributed by atoms with Gasteiger partial charge >= 0.3 is 5.97 Å². The van der Waals surface area contributed by atoms with E-state index in [1.54, 1.807) is 11.3 Å². The highest BCUT2D eigenvalue weighted by Crippen LogP contribution is 2.64. The molecule has 41 heavy (non-hydrogen) atoms. The Morgan fingerprint density at radius 2 is 1.83 bits per heavy atom. The highest BCUT2D eigenvalue weighted by atomic mass is 32.1. The Kier molecular flexibility index (Phi) is 6.08. The van der Waals surface area contributed by atoms with Gasteiger partial charge in [-0.1, -0.05) is 62.4 Å². The molecule has 204 valence electrons. The Bertz CT molecular complexity index is 1890. The largest absolute Gasteiger partial charge is 0.487 e. The maximum atomic E-state index is 12.1. The second-order valence-corrected chi connectivity index (χ2v) is 11.9. The third kappa shape index (κ3) is 4.64. The summed E-state index contributed by atoms with van der Waals surface area (Å²) in [6, 6.07) is 26.3. The lowest BCUT2D eigenvalue weighted by Crippen LogP contribution is -2.07. The lowest BCUT2D eigenvalue weighted by Gasteiger charge is -2.11. The quantitative estimate of drug-likeness (QED) is 0.212. The third-order valence-electron chi connectivity index (χ3n) is 8.19. The number of carboxylic acids is 1. The van der Waals surface area contributed by atoms with Crippen LogP contribution in [0.4, 0.5) is 0 Å². The van der Waals surface area contributed by atoms with Gasteiger partial charge in [-0.15, -0.1) is 11.3 Å². The fourth-order valence-corrected chi connectivity index (χ4v) is 6.43. The van der Waals surface area contributed by atoms with E-state index in [0.29, 0.717) is 18.9 Å². The number of thiazole rings is 1. The van der Waals surface area contributed by atoms with Gasteiger partial charge in [-0.05, 0) is 35.2 Å². The third-order valence-corrected chi connectivity index (χ3v) is 8.77. The molecule has 0 saturated heterocycles. The Morgan fingerprint density at radius 1 is 1.00 bits per heavy atom. The molecule has 3 heterocycles. The van der Waals surface area contributed by atoms with Gasteiger partial charge in [0.05, 0.1) is 39.4 Å². The molecule has 8 heteroatoms. The SMILES string of the molecule is CC1(C)[C@H](c2nc3cc(OCc4ccc5ccccc5n4)ccc3n2Cc2ccc(-c3cscn3)cc2)[C@@H]1C(=O)O. The molecule has 0 bridgehead atoms. The molecule has 0 radical (unpaired) electrons. The summed E-state index contributed by atoms with van der Waals surface area (Å²) in [6.45, 7) is 4.94. The van der Waals surface area contributed by atoms with Gasteiger partial charge in [0.15, 0.2) is 0 Å². The van der Waals surface area contributed by atoms with Gasteiger partial charge in [0.1, 0.15) is 18.2 Å². The zero-order valence-electron chi connectivity index (χ0n) is 22.7. The van der Waals surface area contributed by atoms with Crippen molar-refractivity contribution in [1.82, 2.24) is 19.5 Å². The zero-order chi connectivity index (χ0) is 28.1. The number of aliphatic carboxylic acids is 1. The lowest BCUT2D eigenvalue weighted by molar-refractivity contribution is -0.139. The summed E-state index contributed by atoms with van der Waals surface area (Å²) in [5.41, 5.74) is 8.12. The second kappa shape index (κ2) is 9.82. The van der Waals surface area contributed by atoms with Gasteiger partial charge in [-0.3, -0.25) is 4.79 Å². The van der Waals surface area contributed by atoms with Crippen LogP contribution < -0.4 is 4.74 Å². The summed E-state index contributed by atoms with van der Waals surface area (Å²) in [5.74, 6) is 0.0706. The Morgan fingerprint density at radius 3 is 2.59 bits per heavy atom. The van der Waals surface area contributed by atoms with Crippen LogP contribution in [-0.2, 0) is 17.9 Å². The van der Waals surface area contributed by atoms with E-state index in [1.165, 1.54) is 0 Å². The van der Waals surface area contributed by atoms with Gasteiger partial charge in [0.2, 0.25) is 0 Å². The van der Waals surface area contributed by atoms with E-state index in [1.807, 2.05) is 73.3 Å². The number of rotatable bonds is 8. The first-order valence-electron chi connectivity index (χ1n) is 13.6. The van der Waals surface area contributed by atoms with E-state index >= 15 is 0 Å². The minimum Gasteiger partial charge on any atom is -0.487 e. The molecule has 1 saturated carbocycles. The molecular weight excluding hydrogens is 532 g/mol. The number of imidazole rings is 1. The van der Waals surface area contributed by atoms with Crippen LogP contribution in [-0.4, -0.2) is 30.6 Å². The van der Waals surface area contributed by atoms with Gasteiger partial charge in [0.25, 0.3) is 0 Å². The monoisotopic (exact) mass is 560 g/mol. The van der Waals surface area contributed by atoms with Crippen LogP contribution >= 0.6 is 11.3 Å². The maximum Gasteiger partial charge on any atom is 0.307 e. The second-order valence-electron chi connectivity index (χ2n) is 11.2. The first kappa shape index (κ1) is 25.4. The lowest BCUT2D eigenvalue weighted by atomic mass is 10.1. The average Bonchev–Trinajstić information content (AvgIpc) is 3.33. The molecule has 7 rings (SSSR count). The van der Waals surface area contributed by atoms with E-state index in [0.717, 1.165) is 50.3 Å². The molecule has 7 nitrogen and oxygen atoms in total. The minimum absolute atomic E-state index is 0.173. The topological polar surface area (TPSA) is 90.1 Å². The molecule has 1 N–H and O–H groups in total. The van der Waals surface area contributed by atoms with Crippen molar-refractivity contribution < 1.29 is 14.6 Å². The molecule has 2 atom stereocenters. The molecule has 1 aliphatic carbocycles. The van der Waals surface area contributed by atoms with Crippen LogP contribution in [0.1, 0.15) is 36.8 Å². The van der Waals surface area contributed by atoms with Gasteiger partial charge in [-0.25, -0.2) is 15.0 Å². The predicted molar refractivity (Wildman–Crippen MR) is 160 cm³/mol. The van der Waals surface area contributed by atoms with Crippen molar-refractivity contribution in [2.45, 2.75) is 32.9 Å². The number of ether oxygens (including phenoxy) is 1. The highest BCUT2D eigenvalue weighted by Gasteiger charge is 2.64. The van der Waals surface area contributed by atoms with E-state index in [9.17, 15) is 9.90 Å². The fourth-order valence-electron chi connectivity index (χ4n) is 5.87. The number of aromatic nitrogens is 4. The number of para-hydroxylation sites is 1. The molecule has 0 spiro atoms. The van der Waals surface area contributed by atoms with Crippen molar-refractivity contribution in [3.05, 3.63) is 107 Å². The summed E-state index contributed by atoms with van der Waals surface area (Å²) >= 11 is 1.58. The van der Waals surface area contributed by atoms with E-state index in [4.69, 9.17) is 14.7 Å². The number of pyridine rings is 1. The maximum absolute atomic E-state index is 12.1. The summed E-state index contributed by atoms with van der Waals surface area (Å²) < 4.78 is 8.29. The number of hydrogen-bond donors (Lipinski definition) is 1. The van der Waals surface area contributed by atoms with Crippen LogP contribution in [0.5, 0.6) is 5.75 Å². The smallest absolute Gasteiger partial charge is 0.307 e. The predicted octanol–water partition coefficient (Wildman–Crippen LogP) is 7.16. The van der Waals surface area contributed by atoms with Crippen molar-refractivity contribution in [2.75, 3.05) is 0 Å². The fraction of sp³-hybridized carbons (Fsp3) is 0.212. The molecule has 6 aromatic rings. The van der Waals surface area contributed by atoms with Crippen molar-refractivity contribution in [3.8, 4) is 17.0 Å². The van der Waals surface area contributed by atoms with E-state index < -0.39 is 11.9 Å². The number of hydrogen-bond acceptors (Lipinski definition) is 6. The number of fused-ring (bicyclic) bond motifs is 2. The molecule has 1 aliphatic rings. The number of carbonyl (C=O) groups is 1. The van der Waals surface area contributed by atoms with E-state index in [-0.39, 0.29) is 11.3 Å². The molecule has 0 aliphatic heterocycles. The number of carboxylic acid groups (broad SMARTS) is 1. The van der Waals surface area contributed by atoms with Gasteiger partial charge in [0, 0.05) is 34.9 Å². The standard InChI is InChI=1S/C33H28N4O3S/c1-33(2)29(30(33)32(38)39)31-36-26-15-24(40-17-23-12-11-21-5-3-4-6-25(21)35-23)13-14-28(26)37(31)16-20-7-9-22(10-8-20)27-18-41-19-34-27/h3-15,18-19,29-30H,16-17H2,1-2H3,(H,38,39)/t29-,30+/m0/s1. The van der Waals surface area contributed by atoms with Crippen LogP contribution in [0.25, 0.3) is 33.2 Å². The van der Waals surface area contributed by atoms with Crippen LogP contribution in [0.2, 0.25) is 0 Å². The van der Waals surface area contributed by atoms with Crippen LogP contribution in [0, 0.1) is 11.3 Å². The van der Waals surface area contributed by atoms with E-state index in [2.05, 4.69) is 39.9 Å². The van der Waals surface area contributed by atoms with Crippen molar-refractivity contribution in [1.29, 1.82) is 0 Å². The van der Waals surface area contributed by atoms with Crippen molar-refractivity contribution >= 4 is 39.2 Å². The Balaban J connectivity index is 1.20. The molecule has 1 fully saturated rings. The van der Waals surface area contributed by atoms with Crippen LogP contribution in [0.15, 0.2) is 89.8 Å². The number of benzene rings is 3. The first-order chi connectivity index (χ1) is 19.9. The Labute approximate surface area is 241 Å². The zero-order valence-corrected chi connectivity index (χ0v) is 23.5. The molecular formula is C33H28N4O3S. The summed E-state index contributed by atoms with van der Waals surface area (Å²) in [5, 5.41) is 13.0. The average molecular weight is 561 g/mol. The van der Waals surface area contributed by atoms with Crippen molar-refractivity contribution in [2.24, 2.45) is 11.3 Å². The molecule has 3 aromatic carbocycles. The molecule has 0 amide bonds. The Hall–Kier alpha value is -4.56.